The molecule has 17 heavy (non-hydrogen) atoms. The lowest BCUT2D eigenvalue weighted by Gasteiger charge is -2.16. The highest BCUT2D eigenvalue weighted by atomic mass is 79.9. The van der Waals surface area contributed by atoms with Crippen molar-refractivity contribution in [3.8, 4) is 0 Å². The van der Waals surface area contributed by atoms with Crippen molar-refractivity contribution >= 4 is 15.9 Å². The molecule has 1 aromatic heterocycles. The molecule has 2 N–H and O–H groups in total. The third-order valence-corrected chi connectivity index (χ3v) is 2.75. The Morgan fingerprint density at radius 1 is 1.59 bits per heavy atom. The molecular weight excluding hydrogens is 303 g/mol. The van der Waals surface area contributed by atoms with Gasteiger partial charge in [0.05, 0.1) is 42.0 Å². The van der Waals surface area contributed by atoms with Gasteiger partial charge in [-0.15, -0.1) is 0 Å². The van der Waals surface area contributed by atoms with Crippen LogP contribution in [-0.2, 0) is 11.3 Å². The predicted octanol–water partition coefficient (Wildman–Crippen LogP) is 2.24. The monoisotopic (exact) mass is 315 g/mol. The first kappa shape index (κ1) is 14.5. The van der Waals surface area contributed by atoms with Crippen molar-refractivity contribution in [3.63, 3.8) is 0 Å². The van der Waals surface area contributed by atoms with Gasteiger partial charge in [-0.25, -0.2) is 0 Å². The fourth-order valence-corrected chi connectivity index (χ4v) is 2.03. The molecule has 0 amide bonds. The van der Waals surface area contributed by atoms with Gasteiger partial charge in [-0.2, -0.15) is 18.3 Å². The first-order valence-corrected chi connectivity index (χ1v) is 5.67. The van der Waals surface area contributed by atoms with Crippen LogP contribution in [0.1, 0.15) is 18.2 Å². The zero-order valence-electron chi connectivity index (χ0n) is 9.17. The number of hydrogen-bond acceptors (Lipinski definition) is 3. The van der Waals surface area contributed by atoms with E-state index in [-0.39, 0.29) is 0 Å². The lowest BCUT2D eigenvalue weighted by molar-refractivity contribution is -0.138. The molecule has 0 aliphatic heterocycles. The van der Waals surface area contributed by atoms with Gasteiger partial charge >= 0.3 is 6.18 Å². The van der Waals surface area contributed by atoms with Gasteiger partial charge in [0, 0.05) is 7.11 Å². The fourth-order valence-electron chi connectivity index (χ4n) is 1.44. The van der Waals surface area contributed by atoms with Gasteiger partial charge in [-0.05, 0) is 15.9 Å². The summed E-state index contributed by atoms with van der Waals surface area (Å²) in [7, 11) is 1.51. The molecule has 8 heteroatoms. The van der Waals surface area contributed by atoms with Crippen molar-refractivity contribution in [1.29, 1.82) is 0 Å². The Bertz CT molecular complexity index is 367. The summed E-state index contributed by atoms with van der Waals surface area (Å²) in [5.74, 6) is 0. The number of alkyl halides is 3. The highest BCUT2D eigenvalue weighted by molar-refractivity contribution is 9.10. The van der Waals surface area contributed by atoms with E-state index in [2.05, 4.69) is 21.0 Å². The maximum Gasteiger partial charge on any atom is 0.390 e. The summed E-state index contributed by atoms with van der Waals surface area (Å²) >= 11 is 3.15. The van der Waals surface area contributed by atoms with Crippen molar-refractivity contribution in [2.45, 2.75) is 25.2 Å². The molecule has 1 aromatic rings. The quantitative estimate of drug-likeness (QED) is 0.906. The highest BCUT2D eigenvalue weighted by Crippen LogP contribution is 2.31. The van der Waals surface area contributed by atoms with Gasteiger partial charge in [0.2, 0.25) is 0 Å². The summed E-state index contributed by atoms with van der Waals surface area (Å²) in [6.07, 6.45) is -3.94. The molecule has 0 aliphatic carbocycles. The molecule has 0 bridgehead atoms. The van der Waals surface area contributed by atoms with E-state index in [0.29, 0.717) is 23.3 Å². The second-order valence-corrected chi connectivity index (χ2v) is 4.37. The molecule has 1 unspecified atom stereocenters. The predicted molar refractivity (Wildman–Crippen MR) is 59.4 cm³/mol. The Labute approximate surface area is 105 Å². The third kappa shape index (κ3) is 4.29. The first-order chi connectivity index (χ1) is 7.85. The van der Waals surface area contributed by atoms with Crippen molar-refractivity contribution in [2.24, 2.45) is 5.73 Å². The average Bonchev–Trinajstić information content (AvgIpc) is 2.54. The second kappa shape index (κ2) is 5.83. The van der Waals surface area contributed by atoms with E-state index in [1.54, 1.807) is 0 Å². The molecule has 0 fully saturated rings. The van der Waals surface area contributed by atoms with Gasteiger partial charge in [0.25, 0.3) is 0 Å². The van der Waals surface area contributed by atoms with E-state index >= 15 is 0 Å². The first-order valence-electron chi connectivity index (χ1n) is 4.87. The van der Waals surface area contributed by atoms with Crippen molar-refractivity contribution in [2.75, 3.05) is 13.7 Å². The number of rotatable bonds is 5. The number of nitrogens with zero attached hydrogens (tertiary/aromatic N) is 2. The molecule has 98 valence electrons. The lowest BCUT2D eigenvalue weighted by Crippen LogP contribution is -2.24. The minimum absolute atomic E-state index is 0.333. The summed E-state index contributed by atoms with van der Waals surface area (Å²) in [5, 5.41) is 3.95. The van der Waals surface area contributed by atoms with Gasteiger partial charge in [0.1, 0.15) is 0 Å². The van der Waals surface area contributed by atoms with E-state index in [9.17, 15) is 13.2 Å². The number of ether oxygens (including phenoxy) is 1. The Kier molecular flexibility index (Phi) is 4.96. The van der Waals surface area contributed by atoms with E-state index in [1.165, 1.54) is 18.0 Å². The smallest absolute Gasteiger partial charge is 0.383 e. The maximum atomic E-state index is 12.3. The number of halogens is 4. The summed E-state index contributed by atoms with van der Waals surface area (Å²) in [6.45, 7) is 0.725. The van der Waals surface area contributed by atoms with Crippen LogP contribution in [-0.4, -0.2) is 29.7 Å². The average molecular weight is 316 g/mol. The Balaban J connectivity index is 2.83. The normalized spacial score (nSPS) is 14.0. The molecule has 4 nitrogen and oxygen atoms in total. The van der Waals surface area contributed by atoms with E-state index < -0.39 is 18.6 Å². The van der Waals surface area contributed by atoms with Crippen LogP contribution in [0.25, 0.3) is 0 Å². The SMILES string of the molecule is COCCn1ncc(Br)c1C(N)CC(F)(F)F. The van der Waals surface area contributed by atoms with Crippen LogP contribution in [0, 0.1) is 0 Å². The van der Waals surface area contributed by atoms with E-state index in [0.717, 1.165) is 0 Å². The molecule has 1 rings (SSSR count). The van der Waals surface area contributed by atoms with Crippen LogP contribution in [0.2, 0.25) is 0 Å². The van der Waals surface area contributed by atoms with Crippen LogP contribution < -0.4 is 5.73 Å². The molecule has 0 saturated carbocycles. The Hall–Kier alpha value is -0.600. The molecule has 0 saturated heterocycles. The standard InChI is InChI=1S/C9H13BrF3N3O/c1-17-3-2-16-8(6(10)5-15-16)7(14)4-9(11,12)13/h5,7H,2-4,14H2,1H3. The van der Waals surface area contributed by atoms with Crippen molar-refractivity contribution in [1.82, 2.24) is 9.78 Å². The molecular formula is C9H13BrF3N3O. The van der Waals surface area contributed by atoms with Gasteiger partial charge in [-0.3, -0.25) is 4.68 Å². The van der Waals surface area contributed by atoms with Crippen LogP contribution >= 0.6 is 15.9 Å². The topological polar surface area (TPSA) is 53.1 Å². The molecule has 0 aliphatic rings. The number of methoxy groups -OCH3 is 1. The van der Waals surface area contributed by atoms with Crippen LogP contribution in [0.15, 0.2) is 10.7 Å². The minimum atomic E-state index is -4.30. The van der Waals surface area contributed by atoms with Crippen molar-refractivity contribution < 1.29 is 17.9 Å². The van der Waals surface area contributed by atoms with Gasteiger partial charge < -0.3 is 10.5 Å². The van der Waals surface area contributed by atoms with E-state index in [4.69, 9.17) is 10.5 Å². The molecule has 0 aromatic carbocycles. The van der Waals surface area contributed by atoms with Crippen molar-refractivity contribution in [3.05, 3.63) is 16.4 Å². The number of aromatic nitrogens is 2. The molecule has 1 heterocycles. The Morgan fingerprint density at radius 2 is 2.24 bits per heavy atom. The van der Waals surface area contributed by atoms with Gasteiger partial charge in [-0.1, -0.05) is 0 Å². The third-order valence-electron chi connectivity index (χ3n) is 2.14. The van der Waals surface area contributed by atoms with E-state index in [1.807, 2.05) is 0 Å². The summed E-state index contributed by atoms with van der Waals surface area (Å²) < 4.78 is 43.5. The largest absolute Gasteiger partial charge is 0.390 e. The van der Waals surface area contributed by atoms with Crippen LogP contribution in [0.4, 0.5) is 13.2 Å². The molecule has 0 radical (unpaired) electrons. The van der Waals surface area contributed by atoms with Gasteiger partial charge in [0.15, 0.2) is 0 Å². The zero-order chi connectivity index (χ0) is 13.1. The highest BCUT2D eigenvalue weighted by Gasteiger charge is 2.33. The number of nitrogens with two attached hydrogens (primary N) is 1. The Morgan fingerprint density at radius 3 is 2.76 bits per heavy atom. The van der Waals surface area contributed by atoms with Crippen LogP contribution in [0.3, 0.4) is 0 Å². The zero-order valence-corrected chi connectivity index (χ0v) is 10.8. The summed E-state index contributed by atoms with van der Waals surface area (Å²) in [5.41, 5.74) is 5.88. The molecule has 1 atom stereocenters. The maximum absolute atomic E-state index is 12.3. The second-order valence-electron chi connectivity index (χ2n) is 3.52. The fraction of sp³-hybridized carbons (Fsp3) is 0.667. The summed E-state index contributed by atoms with van der Waals surface area (Å²) in [4.78, 5) is 0. The minimum Gasteiger partial charge on any atom is -0.383 e. The lowest BCUT2D eigenvalue weighted by atomic mass is 10.1. The number of hydrogen-bond donors (Lipinski definition) is 1. The summed E-state index contributed by atoms with van der Waals surface area (Å²) in [6, 6.07) is -1.14. The molecule has 0 spiro atoms. The van der Waals surface area contributed by atoms with Crippen LogP contribution in [0.5, 0.6) is 0 Å².